The molecule has 4 atom stereocenters. The lowest BCUT2D eigenvalue weighted by atomic mass is 10.1. The van der Waals surface area contributed by atoms with Crippen molar-refractivity contribution in [3.8, 4) is 0 Å². The van der Waals surface area contributed by atoms with Crippen LogP contribution in [0.25, 0.3) is 0 Å². The Kier molecular flexibility index (Phi) is 13.3. The molecule has 0 amide bonds. The molecule has 0 aromatic carbocycles. The first-order chi connectivity index (χ1) is 12.2. The van der Waals surface area contributed by atoms with E-state index in [4.69, 9.17) is 14.6 Å². The zero-order valence-corrected chi connectivity index (χ0v) is 15.8. The van der Waals surface area contributed by atoms with Crippen LogP contribution >= 0.6 is 0 Å². The van der Waals surface area contributed by atoms with Gasteiger partial charge in [-0.05, 0) is 19.3 Å². The number of allylic oxidation sites excluding steroid dienone is 1. The summed E-state index contributed by atoms with van der Waals surface area (Å²) in [5, 5.41) is 28.4. The first-order valence-corrected chi connectivity index (χ1v) is 10.1. The monoisotopic (exact) mass is 358 g/mol. The minimum atomic E-state index is -1.06. The molecule has 1 aliphatic rings. The Morgan fingerprint density at radius 1 is 1.04 bits per heavy atom. The van der Waals surface area contributed by atoms with E-state index in [2.05, 4.69) is 19.1 Å². The van der Waals surface area contributed by atoms with Gasteiger partial charge in [0.1, 0.15) is 24.4 Å². The summed E-state index contributed by atoms with van der Waals surface area (Å²) in [6, 6.07) is 0. The maximum absolute atomic E-state index is 10.0. The number of hydrogen-bond donors (Lipinski definition) is 3. The third kappa shape index (κ3) is 9.71. The molecule has 0 saturated carbocycles. The summed E-state index contributed by atoms with van der Waals surface area (Å²) >= 11 is 0. The molecule has 0 radical (unpaired) electrons. The zero-order chi connectivity index (χ0) is 18.3. The van der Waals surface area contributed by atoms with Crippen molar-refractivity contribution in [2.45, 2.75) is 95.5 Å². The number of aliphatic hydroxyl groups excluding tert-OH is 3. The van der Waals surface area contributed by atoms with Crippen LogP contribution in [0, 0.1) is 0 Å². The van der Waals surface area contributed by atoms with Crippen molar-refractivity contribution in [3.05, 3.63) is 12.2 Å². The topological polar surface area (TPSA) is 79.2 Å². The molecule has 0 bridgehead atoms. The minimum absolute atomic E-state index is 0.255. The van der Waals surface area contributed by atoms with Crippen LogP contribution in [0.1, 0.15) is 71.1 Å². The van der Waals surface area contributed by atoms with E-state index in [0.717, 1.165) is 12.8 Å². The van der Waals surface area contributed by atoms with Crippen LogP contribution in [0.15, 0.2) is 12.2 Å². The van der Waals surface area contributed by atoms with E-state index in [0.29, 0.717) is 6.61 Å². The predicted molar refractivity (Wildman–Crippen MR) is 99.6 cm³/mol. The van der Waals surface area contributed by atoms with Crippen LogP contribution in [0.5, 0.6) is 0 Å². The Bertz CT molecular complexity index is 334. The van der Waals surface area contributed by atoms with Crippen LogP contribution in [-0.2, 0) is 9.47 Å². The van der Waals surface area contributed by atoms with Gasteiger partial charge in [0.2, 0.25) is 0 Å². The van der Waals surface area contributed by atoms with E-state index in [-0.39, 0.29) is 6.61 Å². The van der Waals surface area contributed by atoms with Crippen LogP contribution in [0.4, 0.5) is 0 Å². The first-order valence-electron chi connectivity index (χ1n) is 10.1. The van der Waals surface area contributed by atoms with Gasteiger partial charge in [0.25, 0.3) is 0 Å². The van der Waals surface area contributed by atoms with Crippen molar-refractivity contribution >= 4 is 0 Å². The van der Waals surface area contributed by atoms with E-state index in [1.54, 1.807) is 0 Å². The van der Waals surface area contributed by atoms with Crippen molar-refractivity contribution in [1.29, 1.82) is 0 Å². The van der Waals surface area contributed by atoms with Gasteiger partial charge in [-0.2, -0.15) is 0 Å². The summed E-state index contributed by atoms with van der Waals surface area (Å²) in [5.41, 5.74) is 0. The van der Waals surface area contributed by atoms with Crippen molar-refractivity contribution in [1.82, 2.24) is 0 Å². The third-order valence-electron chi connectivity index (χ3n) is 4.74. The fourth-order valence-corrected chi connectivity index (χ4v) is 3.12. The van der Waals surface area contributed by atoms with Crippen LogP contribution in [-0.4, -0.2) is 59.6 Å². The highest BCUT2D eigenvalue weighted by atomic mass is 16.6. The number of ether oxygens (including phenoxy) is 2. The lowest BCUT2D eigenvalue weighted by molar-refractivity contribution is -0.0726. The molecular weight excluding hydrogens is 320 g/mol. The number of unbranched alkanes of at least 4 members (excludes halogenated alkanes) is 8. The van der Waals surface area contributed by atoms with Gasteiger partial charge < -0.3 is 24.8 Å². The third-order valence-corrected chi connectivity index (χ3v) is 4.74. The molecule has 1 saturated heterocycles. The Hall–Kier alpha value is -0.460. The molecule has 5 heteroatoms. The van der Waals surface area contributed by atoms with Gasteiger partial charge in [0.05, 0.1) is 19.8 Å². The smallest absolute Gasteiger partial charge is 0.114 e. The van der Waals surface area contributed by atoms with Crippen LogP contribution in [0.3, 0.4) is 0 Å². The second-order valence-electron chi connectivity index (χ2n) is 6.97. The average Bonchev–Trinajstić information content (AvgIpc) is 2.99. The maximum atomic E-state index is 10.0. The van der Waals surface area contributed by atoms with Gasteiger partial charge in [0.15, 0.2) is 0 Å². The highest BCUT2D eigenvalue weighted by Crippen LogP contribution is 2.20. The van der Waals surface area contributed by atoms with Crippen LogP contribution < -0.4 is 0 Å². The molecule has 0 aromatic heterocycles. The molecule has 1 fully saturated rings. The summed E-state index contributed by atoms with van der Waals surface area (Å²) in [5.74, 6) is 0. The Balaban J connectivity index is 1.93. The first kappa shape index (κ1) is 22.6. The molecule has 148 valence electrons. The number of hydrogen-bond acceptors (Lipinski definition) is 5. The Morgan fingerprint density at radius 2 is 1.68 bits per heavy atom. The molecule has 0 aromatic rings. The highest BCUT2D eigenvalue weighted by molar-refractivity contribution is 4.89. The lowest BCUT2D eigenvalue weighted by Crippen LogP contribution is -2.41. The zero-order valence-electron chi connectivity index (χ0n) is 15.8. The second kappa shape index (κ2) is 14.7. The molecular formula is C20H38O5. The fraction of sp³-hybridized carbons (Fsp3) is 0.900. The summed E-state index contributed by atoms with van der Waals surface area (Å²) in [6.07, 6.45) is 13.9. The van der Waals surface area contributed by atoms with E-state index in [9.17, 15) is 10.2 Å². The van der Waals surface area contributed by atoms with E-state index in [1.807, 2.05) is 0 Å². The molecule has 0 spiro atoms. The summed E-state index contributed by atoms with van der Waals surface area (Å²) in [4.78, 5) is 0. The summed E-state index contributed by atoms with van der Waals surface area (Å²) < 4.78 is 10.9. The molecule has 1 heterocycles. The second-order valence-corrected chi connectivity index (χ2v) is 6.97. The van der Waals surface area contributed by atoms with Crippen molar-refractivity contribution in [2.24, 2.45) is 0 Å². The van der Waals surface area contributed by atoms with Gasteiger partial charge in [-0.15, -0.1) is 0 Å². The summed E-state index contributed by atoms with van der Waals surface area (Å²) in [7, 11) is 0. The van der Waals surface area contributed by atoms with E-state index in [1.165, 1.54) is 51.4 Å². The molecule has 0 unspecified atom stereocenters. The molecule has 1 rings (SSSR count). The summed E-state index contributed by atoms with van der Waals surface area (Å²) in [6.45, 7) is 2.61. The van der Waals surface area contributed by atoms with Gasteiger partial charge >= 0.3 is 0 Å². The molecule has 1 aliphatic heterocycles. The normalized spacial score (nSPS) is 25.0. The molecule has 3 N–H and O–H groups in total. The minimum Gasteiger partial charge on any atom is -0.394 e. The van der Waals surface area contributed by atoms with Gasteiger partial charge in [-0.25, -0.2) is 0 Å². The van der Waals surface area contributed by atoms with Crippen molar-refractivity contribution in [2.75, 3.05) is 19.8 Å². The van der Waals surface area contributed by atoms with Gasteiger partial charge in [-0.1, -0.05) is 64.0 Å². The standard InChI is InChI=1S/C20H38O5/c1-2-3-4-5-6-7-8-9-10-11-12-13-14-24-18-16-25-20(19(18)23)17(22)15-21/h11-12,17-23H,2-10,13-16H2,1H3/b12-11+/t17-,18+,19-,20-/m1/s1. The SMILES string of the molecule is CCCCCCCCCC/C=C/CCO[C@H]1CO[C@H]([C@H](O)CO)[C@@H]1O. The van der Waals surface area contributed by atoms with E-state index >= 15 is 0 Å². The van der Waals surface area contributed by atoms with E-state index < -0.39 is 31.0 Å². The van der Waals surface area contributed by atoms with Gasteiger partial charge in [0, 0.05) is 0 Å². The largest absolute Gasteiger partial charge is 0.394 e. The van der Waals surface area contributed by atoms with Gasteiger partial charge in [-0.3, -0.25) is 0 Å². The van der Waals surface area contributed by atoms with Crippen molar-refractivity contribution < 1.29 is 24.8 Å². The molecule has 0 aliphatic carbocycles. The van der Waals surface area contributed by atoms with Crippen molar-refractivity contribution in [3.63, 3.8) is 0 Å². The molecule has 5 nitrogen and oxygen atoms in total. The highest BCUT2D eigenvalue weighted by Gasteiger charge is 2.40. The Morgan fingerprint density at radius 3 is 2.36 bits per heavy atom. The number of rotatable bonds is 15. The molecule has 25 heavy (non-hydrogen) atoms. The predicted octanol–water partition coefficient (Wildman–Crippen LogP) is 2.96. The lowest BCUT2D eigenvalue weighted by Gasteiger charge is -2.20. The van der Waals surface area contributed by atoms with Crippen LogP contribution in [0.2, 0.25) is 0 Å². The maximum Gasteiger partial charge on any atom is 0.114 e. The average molecular weight is 359 g/mol. The fourth-order valence-electron chi connectivity index (χ4n) is 3.12. The number of aliphatic hydroxyl groups is 3. The Labute approximate surface area is 153 Å². The quantitative estimate of drug-likeness (QED) is 0.310.